The van der Waals surface area contributed by atoms with E-state index in [4.69, 9.17) is 16.3 Å². The third kappa shape index (κ3) is 15.2. The molecule has 8 rings (SSSR count). The van der Waals surface area contributed by atoms with Gasteiger partial charge >= 0.3 is 5.51 Å². The van der Waals surface area contributed by atoms with Crippen LogP contribution in [0, 0.1) is 5.41 Å². The molecule has 0 bridgehead atoms. The molecule has 3 atom stereocenters. The lowest BCUT2D eigenvalue weighted by atomic mass is 9.71. The minimum atomic E-state index is -6.07. The number of amides is 1. The molecule has 0 spiro atoms. The number of hydrogen-bond donors (Lipinski definition) is 3. The number of allylic oxidation sites excluding steroid dienone is 1. The number of sulfonamides is 1. The molecule has 3 fully saturated rings. The lowest BCUT2D eigenvalue weighted by Gasteiger charge is -2.44. The highest BCUT2D eigenvalue weighted by molar-refractivity contribution is 7.99. The molecule has 0 aromatic heterocycles. The van der Waals surface area contributed by atoms with E-state index >= 15 is 0 Å². The molecule has 404 valence electrons. The minimum absolute atomic E-state index is 0. The number of piperazine rings is 2. The van der Waals surface area contributed by atoms with Gasteiger partial charge in [-0.2, -0.15) is 13.2 Å². The standard InChI is InChI=1S/C53H67ClF3N7O6S3.ClH/c1-39-35-63(25-22-58-39)38-52(2)21-19-48(40-9-13-43(54)14-10-40)42(34-52)36-62-26-28-64(29-27-62)45-15-11-41(12-16-45)51(65)60-73(68,69)47-17-18-49(50(33-47)72(66,67)53(55,56)57)59-44(37-71-46-7-4-3-5-8-46)20-24-61-23-6-31-70-32-30-61;/h3-5,7-18,33,39,44,58-59H,6,19-32,34-38H2,1-2H3,(H,60,65);1H/t39-,44?,52-;/m1./s1. The maximum absolute atomic E-state index is 14.3. The van der Waals surface area contributed by atoms with E-state index in [1.165, 1.54) is 40.6 Å². The van der Waals surface area contributed by atoms with Crippen LogP contribution in [0.25, 0.3) is 5.57 Å². The molecule has 0 saturated carbocycles. The topological polar surface area (TPSA) is 144 Å². The van der Waals surface area contributed by atoms with Gasteiger partial charge in [-0.05, 0) is 122 Å². The molecule has 3 aliphatic heterocycles. The molecule has 3 N–H and O–H groups in total. The van der Waals surface area contributed by atoms with Crippen molar-refractivity contribution in [2.24, 2.45) is 5.41 Å². The van der Waals surface area contributed by atoms with Crippen molar-refractivity contribution in [3.63, 3.8) is 0 Å². The van der Waals surface area contributed by atoms with Crippen molar-refractivity contribution < 1.29 is 39.5 Å². The molecule has 1 unspecified atom stereocenters. The SMILES string of the molecule is C[C@@H]1CN(C[C@]2(C)CCC(c3ccc(Cl)cc3)=C(CN3CCN(c4ccc(C(=O)NS(=O)(=O)c5ccc(NC(CCN6CCCOCC6)CSc6ccccc6)c(S(=O)(=O)C(F)(F)F)c5)cc4)CC3)C2)CCN1.Cl. The summed E-state index contributed by atoms with van der Waals surface area (Å²) in [5, 5.41) is 7.30. The molecule has 21 heteroatoms. The number of rotatable bonds is 18. The van der Waals surface area contributed by atoms with Gasteiger partial charge in [0, 0.05) is 124 Å². The molecule has 74 heavy (non-hydrogen) atoms. The number of thioether (sulfide) groups is 1. The van der Waals surface area contributed by atoms with Gasteiger partial charge in [0.2, 0.25) is 0 Å². The van der Waals surface area contributed by atoms with E-state index in [-0.39, 0.29) is 23.4 Å². The summed E-state index contributed by atoms with van der Waals surface area (Å²) in [4.78, 5) is 21.8. The number of sulfone groups is 1. The van der Waals surface area contributed by atoms with Crippen molar-refractivity contribution in [3.8, 4) is 0 Å². The molecular formula is C53H68Cl2F3N7O6S3. The number of carbonyl (C=O) groups excluding carboxylic acids is 1. The number of hydrogen-bond acceptors (Lipinski definition) is 13. The number of anilines is 2. The summed E-state index contributed by atoms with van der Waals surface area (Å²) >= 11 is 7.76. The van der Waals surface area contributed by atoms with Crippen LogP contribution >= 0.6 is 35.8 Å². The molecule has 4 aromatic rings. The van der Waals surface area contributed by atoms with Crippen LogP contribution in [0.15, 0.2) is 117 Å². The molecule has 1 amide bonds. The molecular weight excluding hydrogens is 1050 g/mol. The van der Waals surface area contributed by atoms with Crippen molar-refractivity contribution >= 4 is 78.5 Å². The zero-order valence-corrected chi connectivity index (χ0v) is 45.9. The number of alkyl halides is 3. The first-order valence-electron chi connectivity index (χ1n) is 25.1. The fourth-order valence-electron chi connectivity index (χ4n) is 10.4. The van der Waals surface area contributed by atoms with E-state index in [1.807, 2.05) is 47.2 Å². The zero-order valence-electron chi connectivity index (χ0n) is 41.9. The van der Waals surface area contributed by atoms with Gasteiger partial charge in [-0.1, -0.05) is 54.4 Å². The number of nitrogens with one attached hydrogen (secondary N) is 3. The molecule has 4 aliphatic rings. The Morgan fingerprint density at radius 3 is 2.32 bits per heavy atom. The van der Waals surface area contributed by atoms with Crippen molar-refractivity contribution in [1.82, 2.24) is 24.7 Å². The summed E-state index contributed by atoms with van der Waals surface area (Å²) in [6.07, 6.45) is 4.41. The maximum Gasteiger partial charge on any atom is 0.501 e. The van der Waals surface area contributed by atoms with Crippen molar-refractivity contribution in [2.45, 2.75) is 78.2 Å². The maximum atomic E-state index is 14.3. The molecule has 0 radical (unpaired) electrons. The lowest BCUT2D eigenvalue weighted by molar-refractivity contribution is -0.0435. The Morgan fingerprint density at radius 2 is 1.62 bits per heavy atom. The molecule has 3 saturated heterocycles. The Labute approximate surface area is 450 Å². The van der Waals surface area contributed by atoms with Gasteiger partial charge < -0.3 is 25.2 Å². The first-order valence-corrected chi connectivity index (χ1v) is 29.4. The number of ether oxygens (including phenoxy) is 1. The van der Waals surface area contributed by atoms with E-state index in [9.17, 15) is 34.8 Å². The van der Waals surface area contributed by atoms with E-state index < -0.39 is 52.8 Å². The van der Waals surface area contributed by atoms with Gasteiger partial charge in [0.05, 0.1) is 17.2 Å². The van der Waals surface area contributed by atoms with Crippen LogP contribution in [-0.4, -0.2) is 153 Å². The van der Waals surface area contributed by atoms with E-state index in [0.717, 1.165) is 114 Å². The van der Waals surface area contributed by atoms with Crippen LogP contribution in [0.2, 0.25) is 5.02 Å². The first-order chi connectivity index (χ1) is 34.8. The number of benzene rings is 4. The Hall–Kier alpha value is -3.89. The molecule has 13 nitrogen and oxygen atoms in total. The Balaban J connectivity index is 0.00000800. The normalized spacial score (nSPS) is 21.4. The fourth-order valence-corrected chi connectivity index (χ4v) is 13.6. The van der Waals surface area contributed by atoms with Gasteiger partial charge in [-0.3, -0.25) is 14.6 Å². The average Bonchev–Trinajstić information content (AvgIpc) is 3.64. The average molecular weight is 1120 g/mol. The zero-order chi connectivity index (χ0) is 51.8. The molecule has 3 heterocycles. The van der Waals surface area contributed by atoms with Crippen LogP contribution in [-0.2, 0) is 24.6 Å². The second-order valence-corrected chi connectivity index (χ2v) is 25.2. The Kier molecular flexibility index (Phi) is 19.9. The molecule has 4 aromatic carbocycles. The van der Waals surface area contributed by atoms with Crippen LogP contribution < -0.4 is 20.3 Å². The summed E-state index contributed by atoms with van der Waals surface area (Å²) in [5.74, 6) is -0.654. The Bertz CT molecular complexity index is 2770. The monoisotopic (exact) mass is 1120 g/mol. The second-order valence-electron chi connectivity index (χ2n) is 20.1. The van der Waals surface area contributed by atoms with Crippen LogP contribution in [0.3, 0.4) is 0 Å². The van der Waals surface area contributed by atoms with Crippen molar-refractivity contribution in [3.05, 3.63) is 119 Å². The number of carbonyl (C=O) groups is 1. The third-order valence-corrected chi connectivity index (χ3v) is 18.6. The second kappa shape index (κ2) is 25.5. The highest BCUT2D eigenvalue weighted by Gasteiger charge is 2.48. The highest BCUT2D eigenvalue weighted by atomic mass is 35.5. The third-order valence-electron chi connectivity index (χ3n) is 14.3. The summed E-state index contributed by atoms with van der Waals surface area (Å²) in [6, 6.07) is 26.5. The largest absolute Gasteiger partial charge is 0.501 e. The number of nitrogens with zero attached hydrogens (tertiary/aromatic N) is 4. The van der Waals surface area contributed by atoms with Gasteiger partial charge in [0.25, 0.3) is 25.8 Å². The highest BCUT2D eigenvalue weighted by Crippen LogP contribution is 2.44. The summed E-state index contributed by atoms with van der Waals surface area (Å²) < 4.78 is 104. The number of halogens is 5. The van der Waals surface area contributed by atoms with E-state index in [0.29, 0.717) is 55.6 Å². The summed E-state index contributed by atoms with van der Waals surface area (Å²) in [7, 11) is -10.9. The molecule has 1 aliphatic carbocycles. The fraction of sp³-hybridized carbons (Fsp3) is 0.491. The quantitative estimate of drug-likeness (QED) is 0.0818. The van der Waals surface area contributed by atoms with E-state index in [2.05, 4.69) is 56.2 Å². The van der Waals surface area contributed by atoms with Crippen LogP contribution in [0.1, 0.15) is 61.9 Å². The lowest BCUT2D eigenvalue weighted by Crippen LogP contribution is -2.52. The van der Waals surface area contributed by atoms with Gasteiger partial charge in [-0.15, -0.1) is 24.2 Å². The van der Waals surface area contributed by atoms with Gasteiger partial charge in [0.1, 0.15) is 4.90 Å². The Morgan fingerprint density at radius 1 is 0.892 bits per heavy atom. The van der Waals surface area contributed by atoms with Crippen LogP contribution in [0.5, 0.6) is 0 Å². The van der Waals surface area contributed by atoms with E-state index in [1.54, 1.807) is 12.1 Å². The summed E-state index contributed by atoms with van der Waals surface area (Å²) in [5.41, 5.74) is -1.04. The predicted octanol–water partition coefficient (Wildman–Crippen LogP) is 8.92. The van der Waals surface area contributed by atoms with Crippen molar-refractivity contribution in [1.29, 1.82) is 0 Å². The minimum Gasteiger partial charge on any atom is -0.380 e. The van der Waals surface area contributed by atoms with Crippen LogP contribution in [0.4, 0.5) is 24.5 Å². The first kappa shape index (κ1) is 57.8. The summed E-state index contributed by atoms with van der Waals surface area (Å²) in [6.45, 7) is 16.0. The van der Waals surface area contributed by atoms with Crippen molar-refractivity contribution in [2.75, 3.05) is 108 Å². The predicted molar refractivity (Wildman–Crippen MR) is 292 cm³/mol. The smallest absolute Gasteiger partial charge is 0.380 e. The van der Waals surface area contributed by atoms with Gasteiger partial charge in [0.15, 0.2) is 0 Å². The van der Waals surface area contributed by atoms with Gasteiger partial charge in [-0.25, -0.2) is 21.6 Å².